The van der Waals surface area contributed by atoms with Gasteiger partial charge in [0.1, 0.15) is 5.38 Å². The number of alkyl halides is 1. The molecule has 2 aliphatic heterocycles. The SMILES string of the molecule is CC(Cl)C(=O)N1CCCC2C(=O)NCC21. The number of hydrogen-bond acceptors (Lipinski definition) is 2. The van der Waals surface area contributed by atoms with E-state index in [1.165, 1.54) is 0 Å². The number of carbonyl (C=O) groups excluding carboxylic acids is 2. The van der Waals surface area contributed by atoms with Crippen molar-refractivity contribution in [2.24, 2.45) is 5.92 Å². The zero-order valence-electron chi connectivity index (χ0n) is 8.70. The Hall–Kier alpha value is -0.770. The fourth-order valence-electron chi connectivity index (χ4n) is 2.45. The number of nitrogens with zero attached hydrogens (tertiary/aromatic N) is 1. The van der Waals surface area contributed by atoms with E-state index in [0.29, 0.717) is 6.54 Å². The zero-order valence-corrected chi connectivity index (χ0v) is 9.46. The molecule has 2 fully saturated rings. The van der Waals surface area contributed by atoms with Gasteiger partial charge in [0, 0.05) is 13.1 Å². The van der Waals surface area contributed by atoms with E-state index in [1.54, 1.807) is 11.8 Å². The van der Waals surface area contributed by atoms with Crippen LogP contribution in [-0.2, 0) is 9.59 Å². The van der Waals surface area contributed by atoms with Crippen LogP contribution in [0.3, 0.4) is 0 Å². The molecule has 0 aromatic carbocycles. The van der Waals surface area contributed by atoms with E-state index < -0.39 is 5.38 Å². The zero-order chi connectivity index (χ0) is 11.0. The molecule has 4 nitrogen and oxygen atoms in total. The quantitative estimate of drug-likeness (QED) is 0.661. The molecule has 0 radical (unpaired) electrons. The third-order valence-corrected chi connectivity index (χ3v) is 3.41. The second-order valence-electron chi connectivity index (χ2n) is 4.21. The maximum absolute atomic E-state index is 11.8. The molecule has 5 heteroatoms. The van der Waals surface area contributed by atoms with Gasteiger partial charge in [-0.3, -0.25) is 9.59 Å². The molecule has 0 aromatic rings. The molecule has 2 saturated heterocycles. The number of halogens is 1. The first-order valence-corrected chi connectivity index (χ1v) is 5.77. The van der Waals surface area contributed by atoms with Crippen molar-refractivity contribution in [3.8, 4) is 0 Å². The number of amides is 2. The summed E-state index contributed by atoms with van der Waals surface area (Å²) in [5, 5.41) is 2.31. The summed E-state index contributed by atoms with van der Waals surface area (Å²) in [6.07, 6.45) is 1.78. The van der Waals surface area contributed by atoms with Crippen LogP contribution in [0.15, 0.2) is 0 Å². The maximum atomic E-state index is 11.8. The topological polar surface area (TPSA) is 49.4 Å². The minimum atomic E-state index is -0.501. The van der Waals surface area contributed by atoms with Crippen LogP contribution in [0.5, 0.6) is 0 Å². The van der Waals surface area contributed by atoms with Crippen molar-refractivity contribution in [1.82, 2.24) is 10.2 Å². The van der Waals surface area contributed by atoms with Crippen molar-refractivity contribution in [3.05, 3.63) is 0 Å². The van der Waals surface area contributed by atoms with Crippen LogP contribution in [0, 0.1) is 5.92 Å². The van der Waals surface area contributed by atoms with Crippen LogP contribution in [0.4, 0.5) is 0 Å². The number of hydrogen-bond donors (Lipinski definition) is 1. The Labute approximate surface area is 93.9 Å². The van der Waals surface area contributed by atoms with E-state index >= 15 is 0 Å². The van der Waals surface area contributed by atoms with E-state index in [2.05, 4.69) is 5.32 Å². The highest BCUT2D eigenvalue weighted by Gasteiger charge is 2.43. The van der Waals surface area contributed by atoms with Crippen molar-refractivity contribution in [3.63, 3.8) is 0 Å². The van der Waals surface area contributed by atoms with Crippen LogP contribution in [0.1, 0.15) is 19.8 Å². The molecule has 2 rings (SSSR count). The lowest BCUT2D eigenvalue weighted by Gasteiger charge is -2.36. The van der Waals surface area contributed by atoms with E-state index in [-0.39, 0.29) is 23.8 Å². The molecule has 0 saturated carbocycles. The molecular formula is C10H15ClN2O2. The average molecular weight is 231 g/mol. The van der Waals surface area contributed by atoms with E-state index in [4.69, 9.17) is 11.6 Å². The highest BCUT2D eigenvalue weighted by atomic mass is 35.5. The lowest BCUT2D eigenvalue weighted by atomic mass is 9.91. The molecule has 0 aromatic heterocycles. The van der Waals surface area contributed by atoms with Gasteiger partial charge in [-0.15, -0.1) is 11.6 Å². The first kappa shape index (κ1) is 10.7. The molecule has 2 aliphatic rings. The Morgan fingerprint density at radius 1 is 1.67 bits per heavy atom. The Morgan fingerprint density at radius 2 is 2.40 bits per heavy atom. The van der Waals surface area contributed by atoms with Crippen LogP contribution in [0.2, 0.25) is 0 Å². The molecule has 2 amide bonds. The lowest BCUT2D eigenvalue weighted by molar-refractivity contribution is -0.136. The number of rotatable bonds is 1. The van der Waals surface area contributed by atoms with Crippen LogP contribution < -0.4 is 5.32 Å². The Bertz CT molecular complexity index is 293. The number of fused-ring (bicyclic) bond motifs is 1. The summed E-state index contributed by atoms with van der Waals surface area (Å²) in [6, 6.07) is 0.0277. The van der Waals surface area contributed by atoms with E-state index in [1.807, 2.05) is 0 Å². The Morgan fingerprint density at radius 3 is 3.07 bits per heavy atom. The van der Waals surface area contributed by atoms with Gasteiger partial charge in [-0.2, -0.15) is 0 Å². The van der Waals surface area contributed by atoms with Crippen LogP contribution in [0.25, 0.3) is 0 Å². The molecule has 3 atom stereocenters. The lowest BCUT2D eigenvalue weighted by Crippen LogP contribution is -2.50. The molecule has 2 heterocycles. The van der Waals surface area contributed by atoms with Gasteiger partial charge in [0.15, 0.2) is 0 Å². The van der Waals surface area contributed by atoms with Crippen molar-refractivity contribution in [1.29, 1.82) is 0 Å². The monoisotopic (exact) mass is 230 g/mol. The van der Waals surface area contributed by atoms with Gasteiger partial charge in [0.2, 0.25) is 11.8 Å². The Kier molecular flexibility index (Phi) is 2.87. The number of carbonyl (C=O) groups is 2. The molecule has 3 unspecified atom stereocenters. The summed E-state index contributed by atoms with van der Waals surface area (Å²) in [7, 11) is 0. The van der Waals surface area contributed by atoms with E-state index in [9.17, 15) is 9.59 Å². The summed E-state index contributed by atoms with van der Waals surface area (Å²) >= 11 is 5.79. The van der Waals surface area contributed by atoms with Crippen LogP contribution >= 0.6 is 11.6 Å². The van der Waals surface area contributed by atoms with Gasteiger partial charge < -0.3 is 10.2 Å². The molecule has 0 bridgehead atoms. The van der Waals surface area contributed by atoms with E-state index in [0.717, 1.165) is 19.4 Å². The fourth-order valence-corrected chi connectivity index (χ4v) is 2.58. The minimum Gasteiger partial charge on any atom is -0.354 e. The average Bonchev–Trinajstić information content (AvgIpc) is 2.59. The van der Waals surface area contributed by atoms with Gasteiger partial charge >= 0.3 is 0 Å². The first-order chi connectivity index (χ1) is 7.11. The van der Waals surface area contributed by atoms with Gasteiger partial charge in [-0.05, 0) is 19.8 Å². The predicted octanol–water partition coefficient (Wildman–Crippen LogP) is 0.351. The van der Waals surface area contributed by atoms with Gasteiger partial charge in [-0.25, -0.2) is 0 Å². The van der Waals surface area contributed by atoms with Gasteiger partial charge in [0.05, 0.1) is 12.0 Å². The minimum absolute atomic E-state index is 0.0156. The molecule has 15 heavy (non-hydrogen) atoms. The number of likely N-dealkylation sites (tertiary alicyclic amines) is 1. The number of nitrogens with one attached hydrogen (secondary N) is 1. The molecule has 1 N–H and O–H groups in total. The van der Waals surface area contributed by atoms with Gasteiger partial charge in [-0.1, -0.05) is 0 Å². The first-order valence-electron chi connectivity index (χ1n) is 5.33. The van der Waals surface area contributed by atoms with Crippen molar-refractivity contribution >= 4 is 23.4 Å². The summed E-state index contributed by atoms with van der Waals surface area (Å²) in [6.45, 7) is 2.99. The van der Waals surface area contributed by atoms with Crippen molar-refractivity contribution in [2.75, 3.05) is 13.1 Å². The third-order valence-electron chi connectivity index (χ3n) is 3.22. The smallest absolute Gasteiger partial charge is 0.240 e. The second-order valence-corrected chi connectivity index (χ2v) is 4.86. The highest BCUT2D eigenvalue weighted by Crippen LogP contribution is 2.28. The summed E-state index contributed by atoms with van der Waals surface area (Å²) in [5.74, 6) is 0.0145. The van der Waals surface area contributed by atoms with Crippen molar-refractivity contribution < 1.29 is 9.59 Å². The molecule has 84 valence electrons. The number of piperidine rings is 1. The maximum Gasteiger partial charge on any atom is 0.240 e. The summed E-state index contributed by atoms with van der Waals surface area (Å²) < 4.78 is 0. The standard InChI is InChI=1S/C10H15ClN2O2/c1-6(11)10(15)13-4-2-3-7-8(13)5-12-9(7)14/h6-8H,2-5H2,1H3,(H,12,14). The normalized spacial score (nSPS) is 32.1. The fraction of sp³-hybridized carbons (Fsp3) is 0.800. The predicted molar refractivity (Wildman–Crippen MR) is 56.5 cm³/mol. The molecule has 0 spiro atoms. The second kappa shape index (κ2) is 4.00. The molecular weight excluding hydrogens is 216 g/mol. The van der Waals surface area contributed by atoms with Gasteiger partial charge in [0.25, 0.3) is 0 Å². The highest BCUT2D eigenvalue weighted by molar-refractivity contribution is 6.30. The van der Waals surface area contributed by atoms with Crippen LogP contribution in [-0.4, -0.2) is 41.2 Å². The largest absolute Gasteiger partial charge is 0.354 e. The third kappa shape index (κ3) is 1.83. The summed E-state index contributed by atoms with van der Waals surface area (Å²) in [5.41, 5.74) is 0. The Balaban J connectivity index is 2.13. The summed E-state index contributed by atoms with van der Waals surface area (Å²) in [4.78, 5) is 25.0. The van der Waals surface area contributed by atoms with Crippen molar-refractivity contribution in [2.45, 2.75) is 31.2 Å². The molecule has 0 aliphatic carbocycles.